The van der Waals surface area contributed by atoms with E-state index in [1.165, 1.54) is 0 Å². The fourth-order valence-electron chi connectivity index (χ4n) is 1.29. The van der Waals surface area contributed by atoms with Crippen LogP contribution < -0.4 is 15.8 Å². The standard InChI is InChI=1S/C13H20N2O2.ClH/c1-3-8-17-12-6-4-11(5-7-12)9-15-10(2)13(14)16;/h4-7,10,15H,3,8-9H2,1-2H3,(H2,14,16);1H. The van der Waals surface area contributed by atoms with E-state index >= 15 is 0 Å². The second-order valence-electron chi connectivity index (χ2n) is 4.00. The van der Waals surface area contributed by atoms with E-state index in [-0.39, 0.29) is 24.4 Å². The molecule has 5 heteroatoms. The number of carbonyl (C=O) groups is 1. The number of halogens is 1. The van der Waals surface area contributed by atoms with Crippen LogP contribution in [0.15, 0.2) is 24.3 Å². The molecular weight excluding hydrogens is 252 g/mol. The molecule has 1 aromatic carbocycles. The Labute approximate surface area is 114 Å². The highest BCUT2D eigenvalue weighted by Gasteiger charge is 2.06. The van der Waals surface area contributed by atoms with Gasteiger partial charge >= 0.3 is 0 Å². The van der Waals surface area contributed by atoms with Gasteiger partial charge in [0.2, 0.25) is 5.91 Å². The highest BCUT2D eigenvalue weighted by atomic mass is 35.5. The van der Waals surface area contributed by atoms with Crippen molar-refractivity contribution in [2.45, 2.75) is 32.9 Å². The molecule has 0 saturated heterocycles. The van der Waals surface area contributed by atoms with Crippen LogP contribution in [0.3, 0.4) is 0 Å². The first kappa shape index (κ1) is 16.7. The van der Waals surface area contributed by atoms with Crippen LogP contribution in [-0.4, -0.2) is 18.6 Å². The molecule has 3 N–H and O–H groups in total. The van der Waals surface area contributed by atoms with Crippen LogP contribution in [0.2, 0.25) is 0 Å². The first-order valence-electron chi connectivity index (χ1n) is 5.88. The van der Waals surface area contributed by atoms with Gasteiger partial charge in [-0.25, -0.2) is 0 Å². The lowest BCUT2D eigenvalue weighted by molar-refractivity contribution is -0.119. The number of rotatable bonds is 7. The van der Waals surface area contributed by atoms with Crippen molar-refractivity contribution in [1.29, 1.82) is 0 Å². The van der Waals surface area contributed by atoms with Crippen LogP contribution in [-0.2, 0) is 11.3 Å². The Hall–Kier alpha value is -1.26. The molecule has 0 fully saturated rings. The summed E-state index contributed by atoms with van der Waals surface area (Å²) in [4.78, 5) is 10.8. The van der Waals surface area contributed by atoms with Gasteiger partial charge in [-0.3, -0.25) is 4.79 Å². The number of hydrogen-bond donors (Lipinski definition) is 2. The molecule has 0 spiro atoms. The van der Waals surface area contributed by atoms with Crippen molar-refractivity contribution in [3.05, 3.63) is 29.8 Å². The normalized spacial score (nSPS) is 11.4. The van der Waals surface area contributed by atoms with Crippen molar-refractivity contribution < 1.29 is 9.53 Å². The average Bonchev–Trinajstić information content (AvgIpc) is 2.34. The second kappa shape index (κ2) is 8.78. The summed E-state index contributed by atoms with van der Waals surface area (Å²) >= 11 is 0. The number of benzene rings is 1. The molecule has 0 saturated carbocycles. The predicted molar refractivity (Wildman–Crippen MR) is 75.0 cm³/mol. The zero-order valence-electron chi connectivity index (χ0n) is 10.8. The third-order valence-corrected chi connectivity index (χ3v) is 2.44. The summed E-state index contributed by atoms with van der Waals surface area (Å²) in [5.41, 5.74) is 6.26. The third kappa shape index (κ3) is 5.89. The first-order chi connectivity index (χ1) is 8.13. The molecule has 4 nitrogen and oxygen atoms in total. The lowest BCUT2D eigenvalue weighted by Gasteiger charge is -2.10. The quantitative estimate of drug-likeness (QED) is 0.796. The molecule has 18 heavy (non-hydrogen) atoms. The maximum Gasteiger partial charge on any atom is 0.234 e. The van der Waals surface area contributed by atoms with Gasteiger partial charge in [0.15, 0.2) is 0 Å². The van der Waals surface area contributed by atoms with Gasteiger partial charge in [0.1, 0.15) is 5.75 Å². The monoisotopic (exact) mass is 272 g/mol. The van der Waals surface area contributed by atoms with E-state index in [0.717, 1.165) is 24.3 Å². The van der Waals surface area contributed by atoms with Gasteiger partial charge in [0.25, 0.3) is 0 Å². The fourth-order valence-corrected chi connectivity index (χ4v) is 1.29. The van der Waals surface area contributed by atoms with E-state index in [9.17, 15) is 4.79 Å². The summed E-state index contributed by atoms with van der Waals surface area (Å²) in [6.45, 7) is 5.18. The number of carbonyl (C=O) groups excluding carboxylic acids is 1. The Kier molecular flexibility index (Phi) is 8.16. The van der Waals surface area contributed by atoms with Crippen molar-refractivity contribution in [3.63, 3.8) is 0 Å². The van der Waals surface area contributed by atoms with Crippen LogP contribution in [0.1, 0.15) is 25.8 Å². The molecule has 1 amide bonds. The molecule has 1 aromatic rings. The minimum Gasteiger partial charge on any atom is -0.494 e. The molecule has 1 atom stereocenters. The lowest BCUT2D eigenvalue weighted by atomic mass is 10.2. The SMILES string of the molecule is CCCOc1ccc(CNC(C)C(N)=O)cc1.Cl. The second-order valence-corrected chi connectivity index (χ2v) is 4.00. The van der Waals surface area contributed by atoms with E-state index in [1.54, 1.807) is 6.92 Å². The number of ether oxygens (including phenoxy) is 1. The predicted octanol–water partition coefficient (Wildman–Crippen LogP) is 1.86. The first-order valence-corrected chi connectivity index (χ1v) is 5.88. The van der Waals surface area contributed by atoms with Crippen molar-refractivity contribution in [1.82, 2.24) is 5.32 Å². The average molecular weight is 273 g/mol. The van der Waals surface area contributed by atoms with E-state index < -0.39 is 0 Å². The summed E-state index contributed by atoms with van der Waals surface area (Å²) in [6, 6.07) is 7.51. The fraction of sp³-hybridized carbons (Fsp3) is 0.462. The van der Waals surface area contributed by atoms with E-state index in [1.807, 2.05) is 24.3 Å². The summed E-state index contributed by atoms with van der Waals surface area (Å²) in [5, 5.41) is 3.05. The number of hydrogen-bond acceptors (Lipinski definition) is 3. The summed E-state index contributed by atoms with van der Waals surface area (Å²) in [6.07, 6.45) is 0.999. The van der Waals surface area contributed by atoms with Crippen LogP contribution in [0.4, 0.5) is 0 Å². The lowest BCUT2D eigenvalue weighted by Crippen LogP contribution is -2.38. The van der Waals surface area contributed by atoms with Gasteiger partial charge in [-0.15, -0.1) is 12.4 Å². The van der Waals surface area contributed by atoms with Gasteiger partial charge < -0.3 is 15.8 Å². The molecule has 1 rings (SSSR count). The molecule has 0 aliphatic rings. The molecule has 0 bridgehead atoms. The van der Waals surface area contributed by atoms with Crippen molar-refractivity contribution in [2.75, 3.05) is 6.61 Å². The van der Waals surface area contributed by atoms with E-state index in [2.05, 4.69) is 12.2 Å². The topological polar surface area (TPSA) is 64.3 Å². The molecule has 1 unspecified atom stereocenters. The van der Waals surface area contributed by atoms with Crippen molar-refractivity contribution in [2.24, 2.45) is 5.73 Å². The van der Waals surface area contributed by atoms with Crippen LogP contribution >= 0.6 is 12.4 Å². The summed E-state index contributed by atoms with van der Waals surface area (Å²) < 4.78 is 5.48. The molecule has 0 aliphatic heterocycles. The molecule has 0 aromatic heterocycles. The van der Waals surface area contributed by atoms with E-state index in [4.69, 9.17) is 10.5 Å². The maximum atomic E-state index is 10.8. The van der Waals surface area contributed by atoms with E-state index in [0.29, 0.717) is 6.54 Å². The Balaban J connectivity index is 0.00000289. The van der Waals surface area contributed by atoms with Crippen molar-refractivity contribution in [3.8, 4) is 5.75 Å². The van der Waals surface area contributed by atoms with Crippen molar-refractivity contribution >= 4 is 18.3 Å². The molecule has 0 radical (unpaired) electrons. The van der Waals surface area contributed by atoms with Gasteiger partial charge in [0.05, 0.1) is 12.6 Å². The molecule has 0 heterocycles. The number of nitrogens with one attached hydrogen (secondary N) is 1. The minimum atomic E-state index is -0.340. The van der Waals surface area contributed by atoms with Crippen LogP contribution in [0, 0.1) is 0 Å². The highest BCUT2D eigenvalue weighted by Crippen LogP contribution is 2.12. The Morgan fingerprint density at radius 1 is 1.39 bits per heavy atom. The number of amides is 1. The third-order valence-electron chi connectivity index (χ3n) is 2.44. The van der Waals surface area contributed by atoms with Gasteiger partial charge in [-0.1, -0.05) is 19.1 Å². The maximum absolute atomic E-state index is 10.8. The molecule has 0 aliphatic carbocycles. The number of primary amides is 1. The van der Waals surface area contributed by atoms with Gasteiger partial charge in [0, 0.05) is 6.54 Å². The zero-order chi connectivity index (χ0) is 12.7. The summed E-state index contributed by atoms with van der Waals surface area (Å²) in [5.74, 6) is 0.534. The minimum absolute atomic E-state index is 0. The smallest absolute Gasteiger partial charge is 0.234 e. The Bertz CT molecular complexity index is 355. The largest absolute Gasteiger partial charge is 0.494 e. The van der Waals surface area contributed by atoms with Crippen LogP contribution in [0.5, 0.6) is 5.75 Å². The van der Waals surface area contributed by atoms with Gasteiger partial charge in [-0.2, -0.15) is 0 Å². The Morgan fingerprint density at radius 2 is 2.00 bits per heavy atom. The highest BCUT2D eigenvalue weighted by molar-refractivity contribution is 5.85. The molecular formula is C13H21ClN2O2. The summed E-state index contributed by atoms with van der Waals surface area (Å²) in [7, 11) is 0. The zero-order valence-corrected chi connectivity index (χ0v) is 11.6. The Morgan fingerprint density at radius 3 is 2.50 bits per heavy atom. The van der Waals surface area contributed by atoms with Gasteiger partial charge in [-0.05, 0) is 31.0 Å². The number of nitrogens with two attached hydrogens (primary N) is 1. The van der Waals surface area contributed by atoms with Crippen LogP contribution in [0.25, 0.3) is 0 Å². The molecule has 102 valence electrons.